The number of aryl methyl sites for hydroxylation is 1. The van der Waals surface area contributed by atoms with Gasteiger partial charge in [-0.15, -0.1) is 0 Å². The van der Waals surface area contributed by atoms with Gasteiger partial charge in [0, 0.05) is 28.9 Å². The van der Waals surface area contributed by atoms with Gasteiger partial charge in [-0.1, -0.05) is 140 Å². The Kier molecular flexibility index (Phi) is 5.10. The van der Waals surface area contributed by atoms with Crippen LogP contribution in [0, 0.1) is 0 Å². The van der Waals surface area contributed by atoms with Crippen LogP contribution in [-0.2, 0) is 12.5 Å². The average molecular weight is 548 g/mol. The van der Waals surface area contributed by atoms with Crippen LogP contribution in [0.2, 0.25) is 0 Å². The van der Waals surface area contributed by atoms with Gasteiger partial charge in [-0.25, -0.2) is 0 Å². The summed E-state index contributed by atoms with van der Waals surface area (Å²) in [7, 11) is 2.19. The maximum Gasteiger partial charge on any atom is 0.0713 e. The highest BCUT2D eigenvalue weighted by molar-refractivity contribution is 6.24. The normalized spacial score (nSPS) is 13.4. The summed E-state index contributed by atoms with van der Waals surface area (Å²) in [6.07, 6.45) is 0. The molecule has 202 valence electrons. The van der Waals surface area contributed by atoms with E-state index in [0.29, 0.717) is 0 Å². The standard InChI is InChI=1S/C42H29N/c1-43-38-22-12-20-33(41(38)40-32-18-9-8-13-28(32)24-26-39(40)43)29-23-25-35-34-19-10-11-21-36(34)42(37(35)27-29,30-14-4-2-5-15-30)31-16-6-3-7-17-31/h2-27H,1H3. The number of fused-ring (bicyclic) bond motifs is 8. The Morgan fingerprint density at radius 2 is 1.07 bits per heavy atom. The van der Waals surface area contributed by atoms with Crippen molar-refractivity contribution in [3.8, 4) is 22.3 Å². The molecule has 43 heavy (non-hydrogen) atoms. The van der Waals surface area contributed by atoms with Crippen molar-refractivity contribution in [2.75, 3.05) is 0 Å². The number of hydrogen-bond donors (Lipinski definition) is 0. The van der Waals surface area contributed by atoms with E-state index in [0.717, 1.165) is 0 Å². The molecular weight excluding hydrogens is 518 g/mol. The molecule has 8 aromatic rings. The first-order chi connectivity index (χ1) is 21.3. The smallest absolute Gasteiger partial charge is 0.0713 e. The van der Waals surface area contributed by atoms with Gasteiger partial charge < -0.3 is 4.57 Å². The molecule has 1 aliphatic rings. The first-order valence-electron chi connectivity index (χ1n) is 15.0. The van der Waals surface area contributed by atoms with Gasteiger partial charge in [0.05, 0.1) is 5.41 Å². The van der Waals surface area contributed by atoms with E-state index in [-0.39, 0.29) is 0 Å². The topological polar surface area (TPSA) is 4.93 Å². The van der Waals surface area contributed by atoms with Crippen LogP contribution >= 0.6 is 0 Å². The average Bonchev–Trinajstić information content (AvgIpc) is 3.55. The highest BCUT2D eigenvalue weighted by atomic mass is 14.9. The van der Waals surface area contributed by atoms with Gasteiger partial charge in [0.15, 0.2) is 0 Å². The van der Waals surface area contributed by atoms with Crippen molar-refractivity contribution in [2.45, 2.75) is 5.41 Å². The maximum atomic E-state index is 2.48. The van der Waals surface area contributed by atoms with E-state index in [2.05, 4.69) is 169 Å². The summed E-state index contributed by atoms with van der Waals surface area (Å²) in [4.78, 5) is 0. The summed E-state index contributed by atoms with van der Waals surface area (Å²) < 4.78 is 2.35. The van der Waals surface area contributed by atoms with Crippen molar-refractivity contribution in [1.29, 1.82) is 0 Å². The lowest BCUT2D eigenvalue weighted by Gasteiger charge is -2.34. The highest BCUT2D eigenvalue weighted by Crippen LogP contribution is 2.57. The van der Waals surface area contributed by atoms with Gasteiger partial charge >= 0.3 is 0 Å². The molecule has 1 nitrogen and oxygen atoms in total. The van der Waals surface area contributed by atoms with Crippen LogP contribution in [0.5, 0.6) is 0 Å². The SMILES string of the molecule is Cn1c2cccc(-c3ccc4c(c3)C(c3ccccc3)(c3ccccc3)c3ccccc3-4)c2c2c3ccccc3ccc21. The van der Waals surface area contributed by atoms with Gasteiger partial charge in [-0.3, -0.25) is 0 Å². The fourth-order valence-corrected chi connectivity index (χ4v) is 7.87. The lowest BCUT2D eigenvalue weighted by atomic mass is 9.67. The molecule has 1 heteroatoms. The van der Waals surface area contributed by atoms with Crippen LogP contribution in [0.1, 0.15) is 22.3 Å². The van der Waals surface area contributed by atoms with Crippen LogP contribution in [0.4, 0.5) is 0 Å². The first kappa shape index (κ1) is 24.2. The molecule has 0 saturated heterocycles. The van der Waals surface area contributed by atoms with Crippen molar-refractivity contribution in [1.82, 2.24) is 4.57 Å². The van der Waals surface area contributed by atoms with E-state index in [9.17, 15) is 0 Å². The van der Waals surface area contributed by atoms with Crippen molar-refractivity contribution < 1.29 is 0 Å². The van der Waals surface area contributed by atoms with E-state index in [1.54, 1.807) is 0 Å². The molecule has 7 aromatic carbocycles. The monoisotopic (exact) mass is 547 g/mol. The molecule has 0 spiro atoms. The van der Waals surface area contributed by atoms with Crippen LogP contribution in [0.3, 0.4) is 0 Å². The molecule has 0 unspecified atom stereocenters. The summed E-state index contributed by atoms with van der Waals surface area (Å²) >= 11 is 0. The fraction of sp³-hybridized carbons (Fsp3) is 0.0476. The molecule has 0 aliphatic heterocycles. The molecule has 1 heterocycles. The number of aromatic nitrogens is 1. The van der Waals surface area contributed by atoms with Crippen molar-refractivity contribution >= 4 is 32.6 Å². The Balaban J connectivity index is 1.40. The predicted octanol–water partition coefficient (Wildman–Crippen LogP) is 10.5. The Labute approximate surface area is 251 Å². The van der Waals surface area contributed by atoms with E-state index in [1.807, 2.05) is 0 Å². The number of benzene rings is 7. The summed E-state index contributed by atoms with van der Waals surface area (Å²) in [5.41, 5.74) is 12.5. The molecular formula is C42H29N. The quantitative estimate of drug-likeness (QED) is 0.207. The lowest BCUT2D eigenvalue weighted by Crippen LogP contribution is -2.28. The Morgan fingerprint density at radius 3 is 1.86 bits per heavy atom. The first-order valence-corrected chi connectivity index (χ1v) is 15.0. The number of rotatable bonds is 3. The largest absolute Gasteiger partial charge is 0.344 e. The minimum Gasteiger partial charge on any atom is -0.344 e. The third-order valence-corrected chi connectivity index (χ3v) is 9.69. The molecule has 0 saturated carbocycles. The zero-order valence-corrected chi connectivity index (χ0v) is 24.0. The minimum atomic E-state index is -0.413. The zero-order valence-electron chi connectivity index (χ0n) is 24.0. The van der Waals surface area contributed by atoms with E-state index >= 15 is 0 Å². The maximum absolute atomic E-state index is 2.48. The van der Waals surface area contributed by atoms with Crippen LogP contribution in [-0.4, -0.2) is 4.57 Å². The fourth-order valence-electron chi connectivity index (χ4n) is 7.87. The zero-order chi connectivity index (χ0) is 28.5. The number of hydrogen-bond acceptors (Lipinski definition) is 0. The molecule has 0 fully saturated rings. The van der Waals surface area contributed by atoms with Crippen molar-refractivity contribution in [3.63, 3.8) is 0 Å². The van der Waals surface area contributed by atoms with Gasteiger partial charge in [-0.05, 0) is 73.5 Å². The van der Waals surface area contributed by atoms with E-state index in [4.69, 9.17) is 0 Å². The summed E-state index contributed by atoms with van der Waals surface area (Å²) in [5.74, 6) is 0. The Morgan fingerprint density at radius 1 is 0.442 bits per heavy atom. The molecule has 0 bridgehead atoms. The van der Waals surface area contributed by atoms with E-state index < -0.39 is 5.41 Å². The molecule has 0 N–H and O–H groups in total. The molecule has 0 radical (unpaired) electrons. The Hall–Kier alpha value is -5.40. The summed E-state index contributed by atoms with van der Waals surface area (Å²) in [5, 5.41) is 5.22. The molecule has 0 atom stereocenters. The molecule has 9 rings (SSSR count). The molecule has 1 aromatic heterocycles. The minimum absolute atomic E-state index is 0.413. The third-order valence-electron chi connectivity index (χ3n) is 9.69. The van der Waals surface area contributed by atoms with Gasteiger partial charge in [-0.2, -0.15) is 0 Å². The summed E-state index contributed by atoms with van der Waals surface area (Å²) in [6.45, 7) is 0. The van der Waals surface area contributed by atoms with E-state index in [1.165, 1.54) is 77.1 Å². The number of nitrogens with zero attached hydrogens (tertiary/aromatic N) is 1. The van der Waals surface area contributed by atoms with Gasteiger partial charge in [0.1, 0.15) is 0 Å². The lowest BCUT2D eigenvalue weighted by molar-refractivity contribution is 0.769. The second kappa shape index (κ2) is 9.05. The van der Waals surface area contributed by atoms with Crippen LogP contribution < -0.4 is 0 Å². The highest BCUT2D eigenvalue weighted by Gasteiger charge is 2.46. The van der Waals surface area contributed by atoms with Crippen LogP contribution in [0.25, 0.3) is 54.8 Å². The second-order valence-electron chi connectivity index (χ2n) is 11.7. The molecule has 0 amide bonds. The predicted molar refractivity (Wildman–Crippen MR) is 181 cm³/mol. The third kappa shape index (κ3) is 3.22. The Bertz CT molecular complexity index is 2300. The van der Waals surface area contributed by atoms with Crippen molar-refractivity contribution in [3.05, 3.63) is 180 Å². The summed E-state index contributed by atoms with van der Waals surface area (Å²) in [6, 6.07) is 58.3. The molecule has 1 aliphatic carbocycles. The van der Waals surface area contributed by atoms with Crippen LogP contribution in [0.15, 0.2) is 158 Å². The van der Waals surface area contributed by atoms with Gasteiger partial charge in [0.2, 0.25) is 0 Å². The van der Waals surface area contributed by atoms with Crippen molar-refractivity contribution in [2.24, 2.45) is 7.05 Å². The van der Waals surface area contributed by atoms with Gasteiger partial charge in [0.25, 0.3) is 0 Å². The second-order valence-corrected chi connectivity index (χ2v) is 11.7.